The van der Waals surface area contributed by atoms with E-state index in [1.54, 1.807) is 35.3 Å². The van der Waals surface area contributed by atoms with E-state index in [-0.39, 0.29) is 62.0 Å². The fraction of sp³-hybridized carbons (Fsp3) is 0.306. The number of aromatic hydroxyl groups is 1. The van der Waals surface area contributed by atoms with E-state index in [0.29, 0.717) is 48.0 Å². The molecule has 76 heavy (non-hydrogen) atoms. The number of carbonyl (C=O) groups excluding carboxylic acids is 4. The molecular formula is C49H51BBr3F2I3N5O11S2-. The minimum atomic E-state index is -0.839. The monoisotopic (exact) mass is 1620 g/mol. The molecule has 8 rings (SSSR count). The Morgan fingerprint density at radius 3 is 1.72 bits per heavy atom. The van der Waals surface area contributed by atoms with E-state index in [1.165, 1.54) is 54.0 Å². The van der Waals surface area contributed by atoms with E-state index < -0.39 is 47.4 Å². The Hall–Kier alpha value is -2.99. The predicted octanol–water partition coefficient (Wildman–Crippen LogP) is 8.77. The van der Waals surface area contributed by atoms with Crippen LogP contribution in [0.5, 0.6) is 34.5 Å². The molecule has 2 aromatic heterocycles. The van der Waals surface area contributed by atoms with Crippen molar-refractivity contribution in [2.75, 3.05) is 44.6 Å². The second-order valence-corrected chi connectivity index (χ2v) is 41.1. The Balaban J connectivity index is 0.000000285. The molecule has 0 saturated carbocycles. The van der Waals surface area contributed by atoms with E-state index in [1.807, 2.05) is 19.1 Å². The molecule has 4 aromatic carbocycles. The van der Waals surface area contributed by atoms with Crippen molar-refractivity contribution < 1.29 is 75.9 Å². The molecule has 7 N–H and O–H groups in total. The van der Waals surface area contributed by atoms with Crippen LogP contribution >= 0.6 is 107 Å². The van der Waals surface area contributed by atoms with Gasteiger partial charge >= 0.3 is 53.7 Å². The van der Waals surface area contributed by atoms with Crippen LogP contribution in [0.1, 0.15) is 82.5 Å². The van der Waals surface area contributed by atoms with Crippen molar-refractivity contribution in [3.63, 3.8) is 0 Å². The van der Waals surface area contributed by atoms with Gasteiger partial charge in [0, 0.05) is 72.7 Å². The number of phenols is 1. The summed E-state index contributed by atoms with van der Waals surface area (Å²) in [6, 6.07) is 14.4. The summed E-state index contributed by atoms with van der Waals surface area (Å²) in [6.07, 6.45) is 6.91. The first-order chi connectivity index (χ1) is 36.3. The molecule has 0 radical (unpaired) electrons. The summed E-state index contributed by atoms with van der Waals surface area (Å²) in [6.45, 7) is 2.99. The molecule has 410 valence electrons. The predicted molar refractivity (Wildman–Crippen MR) is 316 cm³/mol. The number of hydrogen-bond donors (Lipinski definition) is 7. The molecule has 0 spiro atoms. The maximum absolute atomic E-state index is 14.4. The number of fused-ring (bicyclic) bond motifs is 2. The number of ketones is 2. The number of aryl methyl sites for hydroxylation is 1. The average molecular weight is 1620 g/mol. The average Bonchev–Trinajstić information content (AvgIpc) is 4.10. The van der Waals surface area contributed by atoms with Crippen molar-refractivity contribution in [2.45, 2.75) is 63.3 Å². The minimum absolute atomic E-state index is 0.0734. The summed E-state index contributed by atoms with van der Waals surface area (Å²) in [7, 11) is 2.53. The first-order valence-electron chi connectivity index (χ1n) is 22.4. The number of hydrogen-bond acceptors (Lipinski definition) is 16. The van der Waals surface area contributed by atoms with Crippen LogP contribution in [0.2, 0.25) is 0 Å². The number of rotatable bonds is 15. The van der Waals surface area contributed by atoms with Gasteiger partial charge in [-0.15, -0.1) is 69.9 Å². The molecule has 3 heterocycles. The Labute approximate surface area is 500 Å². The van der Waals surface area contributed by atoms with Crippen LogP contribution in [-0.2, 0) is 33.4 Å². The summed E-state index contributed by atoms with van der Waals surface area (Å²) < 4.78 is 46.1. The van der Waals surface area contributed by atoms with Crippen molar-refractivity contribution in [3.8, 4) is 34.5 Å². The second kappa shape index (κ2) is 32.3. The van der Waals surface area contributed by atoms with Crippen LogP contribution in [0.15, 0.2) is 83.8 Å². The molecule has 1 aliphatic carbocycles. The first kappa shape index (κ1) is 65.5. The SMILES string of the molecule is BrB(Br)Br.CO.COc1cc2c(cc1Oc1ccc(C(=O)CO)c(F)c1)[C@@](C)(CC(=O)Nc1nccs1)CCC2.C[C@]1(CC(=O)Nc2nccs2)NCCc2cc(O)c(Oc3ccc(C(=O)CO)c(F)c3)cc21.I[I-]I. The van der Waals surface area contributed by atoms with Gasteiger partial charge in [-0.05, 0) is 103 Å². The number of methoxy groups -OCH3 is 1. The number of halogens is 8. The number of benzene rings is 4. The third-order valence-corrected chi connectivity index (χ3v) is 12.9. The van der Waals surface area contributed by atoms with Gasteiger partial charge in [0.1, 0.15) is 36.3 Å². The van der Waals surface area contributed by atoms with Gasteiger partial charge in [-0.2, -0.15) is 0 Å². The van der Waals surface area contributed by atoms with Crippen molar-refractivity contribution in [1.29, 1.82) is 0 Å². The molecule has 1 aliphatic heterocycles. The van der Waals surface area contributed by atoms with Gasteiger partial charge in [0.25, 0.3) is 0 Å². The van der Waals surface area contributed by atoms with Gasteiger partial charge in [0.05, 0.1) is 18.2 Å². The molecule has 2 atom stereocenters. The number of nitrogens with one attached hydrogen (secondary N) is 3. The van der Waals surface area contributed by atoms with Gasteiger partial charge in [-0.3, -0.25) is 19.2 Å². The summed E-state index contributed by atoms with van der Waals surface area (Å²) in [4.78, 5) is 56.8. The Morgan fingerprint density at radius 1 is 0.763 bits per heavy atom. The molecule has 2 amide bonds. The maximum atomic E-state index is 14.4. The fourth-order valence-electron chi connectivity index (χ4n) is 8.31. The van der Waals surface area contributed by atoms with Gasteiger partial charge in [0.2, 0.25) is 11.8 Å². The molecule has 0 bridgehead atoms. The zero-order valence-electron chi connectivity index (χ0n) is 40.9. The van der Waals surface area contributed by atoms with Crippen LogP contribution < -0.4 is 43.4 Å². The second-order valence-electron chi connectivity index (χ2n) is 16.6. The van der Waals surface area contributed by atoms with Crippen LogP contribution in [-0.4, -0.2) is 90.9 Å². The summed E-state index contributed by atoms with van der Waals surface area (Å²) >= 11 is 17.3. The molecule has 6 aromatic rings. The number of amides is 2. The number of ether oxygens (including phenoxy) is 3. The number of nitrogens with zero attached hydrogens (tertiary/aromatic N) is 2. The van der Waals surface area contributed by atoms with E-state index in [4.69, 9.17) is 29.5 Å². The number of carbonyl (C=O) groups is 4. The third kappa shape index (κ3) is 19.1. The van der Waals surface area contributed by atoms with Crippen molar-refractivity contribution in [3.05, 3.63) is 129 Å². The normalized spacial score (nSPS) is 15.9. The van der Waals surface area contributed by atoms with Crippen molar-refractivity contribution in [2.24, 2.45) is 0 Å². The Morgan fingerprint density at radius 2 is 1.25 bits per heavy atom. The standard InChI is InChI=1S/C25H25FN2O5S.C23H22FN3O5S.CH4O.BBr3.I3/c1-25(13-23(31)28-24-27-8-9-34-24)7-3-4-15-10-21(32-2)22(12-18(15)25)33-16-5-6-17(19(26)11-16)20(30)14-29;1-23(11-21(31)27-22-25-6-7-33-22)16-10-20(18(29)8-13(16)4-5-26-23)32-14-2-3-15(17(24)9-14)19(30)12-28;1-2;2-1(3)4;1-3-2/h5-6,8-12,29H,3-4,7,13-14H2,1-2H3,(H,27,28,31);2-3,6-10,26,28-29H,4-5,11-12H2,1H3,(H,25,27,31);2H,1H3;;/q;;;;-1/t25-;23-;;;/m11.../s1. The number of phenolic OH excluding ortho intramolecular Hbond substituents is 1. The zero-order chi connectivity index (χ0) is 56.2. The van der Waals surface area contributed by atoms with Crippen LogP contribution in [0.4, 0.5) is 19.0 Å². The van der Waals surface area contributed by atoms with E-state index >= 15 is 0 Å². The van der Waals surface area contributed by atoms with Crippen LogP contribution in [0.25, 0.3) is 0 Å². The molecule has 16 nitrogen and oxygen atoms in total. The number of Topliss-reactive ketones (excluding diaryl/α,β-unsaturated/α-hetero) is 2. The molecule has 0 fully saturated rings. The van der Waals surface area contributed by atoms with Crippen molar-refractivity contribution in [1.82, 2.24) is 15.3 Å². The topological polar surface area (TPSA) is 239 Å². The van der Waals surface area contributed by atoms with Crippen LogP contribution in [0, 0.1) is 11.6 Å². The molecule has 2 aliphatic rings. The number of thiazole rings is 2. The zero-order valence-corrected chi connectivity index (χ0v) is 53.8. The summed E-state index contributed by atoms with van der Waals surface area (Å²) in [5.41, 5.74) is 2.10. The molecule has 0 unspecified atom stereocenters. The third-order valence-electron chi connectivity index (χ3n) is 11.6. The van der Waals surface area contributed by atoms with Gasteiger partial charge in [0.15, 0.2) is 44.8 Å². The van der Waals surface area contributed by atoms with Gasteiger partial charge in [-0.25, -0.2) is 18.7 Å². The van der Waals surface area contributed by atoms with Gasteiger partial charge in [-0.1, -0.05) is 6.92 Å². The first-order valence-corrected chi connectivity index (χ1v) is 39.5. The number of aliphatic hydroxyl groups is 3. The van der Waals surface area contributed by atoms with Gasteiger partial charge < -0.3 is 50.6 Å². The summed E-state index contributed by atoms with van der Waals surface area (Å²) in [5, 5.41) is 49.1. The molecule has 0 saturated heterocycles. The quantitative estimate of drug-likeness (QED) is 0.0289. The number of aliphatic hydroxyl groups excluding tert-OH is 3. The van der Waals surface area contributed by atoms with E-state index in [0.717, 1.165) is 60.8 Å². The van der Waals surface area contributed by atoms with E-state index in [2.05, 4.69) is 117 Å². The number of aromatic nitrogens is 2. The van der Waals surface area contributed by atoms with E-state index in [9.17, 15) is 33.1 Å². The molecular weight excluding hydrogens is 1570 g/mol. The Kier molecular flexibility index (Phi) is 27.9. The molecule has 27 heteroatoms. The number of anilines is 2. The Bertz CT molecular complexity index is 2910. The summed E-state index contributed by atoms with van der Waals surface area (Å²) in [5.74, 6) is -2.30. The van der Waals surface area contributed by atoms with Crippen LogP contribution in [0.3, 0.4) is 0 Å². The fourth-order valence-corrected chi connectivity index (χ4v) is 9.40. The van der Waals surface area contributed by atoms with Crippen molar-refractivity contribution >= 4 is 144 Å².